The minimum Gasteiger partial charge on any atom is -0.495 e. The van der Waals surface area contributed by atoms with Crippen molar-refractivity contribution < 1.29 is 14.1 Å². The highest BCUT2D eigenvalue weighted by Gasteiger charge is 2.19. The number of nitrogens with one attached hydrogen (secondary N) is 1. The molecular formula is C19H15N5O3. The van der Waals surface area contributed by atoms with E-state index in [4.69, 9.17) is 9.26 Å². The Balaban J connectivity index is 1.66. The van der Waals surface area contributed by atoms with E-state index in [1.54, 1.807) is 29.4 Å². The zero-order valence-electron chi connectivity index (χ0n) is 14.4. The van der Waals surface area contributed by atoms with E-state index < -0.39 is 0 Å². The van der Waals surface area contributed by atoms with Gasteiger partial charge in [0.05, 0.1) is 24.7 Å². The molecule has 1 amide bonds. The van der Waals surface area contributed by atoms with E-state index in [1.165, 1.54) is 13.3 Å². The minimum atomic E-state index is -0.352. The number of nitrogens with zero attached hydrogens (tertiary/aromatic N) is 4. The van der Waals surface area contributed by atoms with Crippen molar-refractivity contribution in [2.45, 2.75) is 0 Å². The zero-order chi connectivity index (χ0) is 18.6. The molecule has 0 bridgehead atoms. The van der Waals surface area contributed by atoms with E-state index in [9.17, 15) is 4.79 Å². The normalized spacial score (nSPS) is 10.6. The van der Waals surface area contributed by atoms with Crippen molar-refractivity contribution >= 4 is 11.6 Å². The highest BCUT2D eigenvalue weighted by molar-refractivity contribution is 6.08. The second-order valence-electron chi connectivity index (χ2n) is 5.64. The SMILES string of the molecule is COc1ccc(-n2cnnc2)cc1NC(=O)c1cnoc1-c1ccccc1. The van der Waals surface area contributed by atoms with Gasteiger partial charge in [-0.3, -0.25) is 9.36 Å². The molecule has 4 rings (SSSR count). The van der Waals surface area contributed by atoms with Crippen LogP contribution in [-0.2, 0) is 0 Å². The first-order valence-electron chi connectivity index (χ1n) is 8.11. The van der Waals surface area contributed by atoms with E-state index in [-0.39, 0.29) is 5.91 Å². The molecule has 8 heteroatoms. The third-order valence-electron chi connectivity index (χ3n) is 4.00. The molecule has 0 spiro atoms. The Morgan fingerprint density at radius 3 is 2.63 bits per heavy atom. The fourth-order valence-corrected chi connectivity index (χ4v) is 2.68. The fourth-order valence-electron chi connectivity index (χ4n) is 2.68. The first-order valence-corrected chi connectivity index (χ1v) is 8.11. The van der Waals surface area contributed by atoms with Crippen LogP contribution in [-0.4, -0.2) is 32.9 Å². The number of ether oxygens (including phenoxy) is 1. The second-order valence-corrected chi connectivity index (χ2v) is 5.64. The fraction of sp³-hybridized carbons (Fsp3) is 0.0526. The number of hydrogen-bond donors (Lipinski definition) is 1. The lowest BCUT2D eigenvalue weighted by Gasteiger charge is -2.12. The van der Waals surface area contributed by atoms with Crippen molar-refractivity contribution in [3.63, 3.8) is 0 Å². The predicted molar refractivity (Wildman–Crippen MR) is 97.8 cm³/mol. The van der Waals surface area contributed by atoms with Gasteiger partial charge >= 0.3 is 0 Å². The molecule has 0 fully saturated rings. The maximum absolute atomic E-state index is 12.8. The van der Waals surface area contributed by atoms with Crippen molar-refractivity contribution in [3.05, 3.63) is 72.9 Å². The number of amides is 1. The third-order valence-corrected chi connectivity index (χ3v) is 4.00. The summed E-state index contributed by atoms with van der Waals surface area (Å²) in [4.78, 5) is 12.8. The quantitative estimate of drug-likeness (QED) is 0.587. The number of carbonyl (C=O) groups is 1. The number of anilines is 1. The maximum Gasteiger partial charge on any atom is 0.261 e. The number of benzene rings is 2. The van der Waals surface area contributed by atoms with E-state index in [2.05, 4.69) is 20.7 Å². The molecule has 27 heavy (non-hydrogen) atoms. The third kappa shape index (κ3) is 3.28. The Morgan fingerprint density at radius 1 is 1.11 bits per heavy atom. The predicted octanol–water partition coefficient (Wildman–Crippen LogP) is 3.18. The Bertz CT molecular complexity index is 1060. The Hall–Kier alpha value is -3.94. The Labute approximate surface area is 154 Å². The van der Waals surface area contributed by atoms with Gasteiger partial charge in [-0.2, -0.15) is 0 Å². The summed E-state index contributed by atoms with van der Waals surface area (Å²) in [5, 5.41) is 14.2. The van der Waals surface area contributed by atoms with Crippen molar-refractivity contribution in [2.75, 3.05) is 12.4 Å². The maximum atomic E-state index is 12.8. The van der Waals surface area contributed by atoms with E-state index >= 15 is 0 Å². The lowest BCUT2D eigenvalue weighted by molar-refractivity contribution is 0.102. The molecule has 0 aliphatic heterocycles. The van der Waals surface area contributed by atoms with Crippen LogP contribution in [0.2, 0.25) is 0 Å². The Morgan fingerprint density at radius 2 is 1.89 bits per heavy atom. The first-order chi connectivity index (χ1) is 13.3. The average Bonchev–Trinajstić information content (AvgIpc) is 3.40. The van der Waals surface area contributed by atoms with Crippen LogP contribution in [0.25, 0.3) is 17.0 Å². The Kier molecular flexibility index (Phi) is 4.36. The van der Waals surface area contributed by atoms with Crippen LogP contribution in [0.5, 0.6) is 5.75 Å². The topological polar surface area (TPSA) is 95.1 Å². The molecule has 2 aromatic carbocycles. The van der Waals surface area contributed by atoms with Gasteiger partial charge in [-0.1, -0.05) is 35.5 Å². The van der Waals surface area contributed by atoms with Crippen LogP contribution in [0, 0.1) is 0 Å². The minimum absolute atomic E-state index is 0.331. The summed E-state index contributed by atoms with van der Waals surface area (Å²) < 4.78 is 12.4. The van der Waals surface area contributed by atoms with Crippen LogP contribution in [0.3, 0.4) is 0 Å². The molecule has 0 atom stereocenters. The molecule has 0 saturated heterocycles. The zero-order valence-corrected chi connectivity index (χ0v) is 14.4. The van der Waals surface area contributed by atoms with Gasteiger partial charge in [0.2, 0.25) is 0 Å². The van der Waals surface area contributed by atoms with Gasteiger partial charge in [0.25, 0.3) is 5.91 Å². The molecule has 0 radical (unpaired) electrons. The molecule has 4 aromatic rings. The molecule has 0 aliphatic rings. The monoisotopic (exact) mass is 361 g/mol. The molecule has 8 nitrogen and oxygen atoms in total. The van der Waals surface area contributed by atoms with Crippen LogP contribution in [0.4, 0.5) is 5.69 Å². The summed E-state index contributed by atoms with van der Waals surface area (Å²) in [6, 6.07) is 14.7. The molecule has 1 N–H and O–H groups in total. The van der Waals surface area contributed by atoms with Gasteiger partial charge < -0.3 is 14.6 Å². The van der Waals surface area contributed by atoms with Crippen molar-refractivity contribution in [2.24, 2.45) is 0 Å². The van der Waals surface area contributed by atoms with Gasteiger partial charge in [-0.05, 0) is 18.2 Å². The van der Waals surface area contributed by atoms with Gasteiger partial charge in [0, 0.05) is 5.56 Å². The van der Waals surface area contributed by atoms with Gasteiger partial charge in [-0.25, -0.2) is 0 Å². The molecular weight excluding hydrogens is 346 g/mol. The second kappa shape index (κ2) is 7.12. The number of aromatic nitrogens is 4. The van der Waals surface area contributed by atoms with Crippen molar-refractivity contribution in [3.8, 4) is 22.8 Å². The van der Waals surface area contributed by atoms with Crippen LogP contribution in [0.15, 0.2) is 71.9 Å². The first kappa shape index (κ1) is 16.5. The van der Waals surface area contributed by atoms with Crippen molar-refractivity contribution in [1.29, 1.82) is 0 Å². The van der Waals surface area contributed by atoms with Gasteiger partial charge in [0.1, 0.15) is 24.0 Å². The van der Waals surface area contributed by atoms with Crippen LogP contribution >= 0.6 is 0 Å². The summed E-state index contributed by atoms with van der Waals surface area (Å²) in [6.45, 7) is 0. The lowest BCUT2D eigenvalue weighted by atomic mass is 10.1. The van der Waals surface area contributed by atoms with E-state index in [0.29, 0.717) is 22.8 Å². The summed E-state index contributed by atoms with van der Waals surface area (Å²) in [6.07, 6.45) is 4.54. The van der Waals surface area contributed by atoms with Gasteiger partial charge in [-0.15, -0.1) is 10.2 Å². The molecule has 2 aromatic heterocycles. The summed E-state index contributed by atoms with van der Waals surface area (Å²) >= 11 is 0. The van der Waals surface area contributed by atoms with Gasteiger partial charge in [0.15, 0.2) is 5.76 Å². The number of carbonyl (C=O) groups excluding carboxylic acids is 1. The lowest BCUT2D eigenvalue weighted by Crippen LogP contribution is -2.13. The molecule has 2 heterocycles. The van der Waals surface area contributed by atoms with Crippen LogP contribution < -0.4 is 10.1 Å². The summed E-state index contributed by atoms with van der Waals surface area (Å²) in [5.41, 5.74) is 2.39. The molecule has 0 saturated carbocycles. The van der Waals surface area contributed by atoms with E-state index in [0.717, 1.165) is 11.3 Å². The average molecular weight is 361 g/mol. The summed E-state index contributed by atoms with van der Waals surface area (Å²) in [7, 11) is 1.54. The summed E-state index contributed by atoms with van der Waals surface area (Å²) in [5.74, 6) is 0.578. The standard InChI is InChI=1S/C19H15N5O3/c1-26-17-8-7-14(24-11-20-21-12-24)9-16(17)23-19(25)15-10-22-27-18(15)13-5-3-2-4-6-13/h2-12H,1H3,(H,23,25). The molecule has 0 unspecified atom stereocenters. The number of rotatable bonds is 5. The number of methoxy groups -OCH3 is 1. The highest BCUT2D eigenvalue weighted by Crippen LogP contribution is 2.29. The smallest absolute Gasteiger partial charge is 0.261 e. The highest BCUT2D eigenvalue weighted by atomic mass is 16.5. The molecule has 134 valence electrons. The number of hydrogen-bond acceptors (Lipinski definition) is 6. The van der Waals surface area contributed by atoms with Crippen molar-refractivity contribution in [1.82, 2.24) is 19.9 Å². The van der Waals surface area contributed by atoms with Crippen LogP contribution in [0.1, 0.15) is 10.4 Å². The van der Waals surface area contributed by atoms with E-state index in [1.807, 2.05) is 36.4 Å². The molecule has 0 aliphatic carbocycles. The largest absolute Gasteiger partial charge is 0.495 e.